The summed E-state index contributed by atoms with van der Waals surface area (Å²) in [5, 5.41) is 3.96. The summed E-state index contributed by atoms with van der Waals surface area (Å²) in [5.74, 6) is 3.14. The second-order valence-electron chi connectivity index (χ2n) is 13.8. The summed E-state index contributed by atoms with van der Waals surface area (Å²) in [6.07, 6.45) is 6.40. The molecule has 0 fully saturated rings. The van der Waals surface area contributed by atoms with E-state index in [0.29, 0.717) is 0 Å². The van der Waals surface area contributed by atoms with Crippen molar-refractivity contribution in [3.05, 3.63) is 153 Å². The zero-order valence-electron chi connectivity index (χ0n) is 31.2. The number of hydrogen-bond acceptors (Lipinski definition) is 6. The number of nitrogens with one attached hydrogen (secondary N) is 2. The van der Waals surface area contributed by atoms with Crippen molar-refractivity contribution in [2.24, 2.45) is 0 Å². The maximum Gasteiger partial charge on any atom is 0.119 e. The molecule has 0 atom stereocenters. The molecule has 0 saturated carbocycles. The Balaban J connectivity index is 1.41. The van der Waals surface area contributed by atoms with Crippen LogP contribution < -0.4 is 29.5 Å². The van der Waals surface area contributed by atoms with E-state index in [-0.39, 0.29) is 0 Å². The number of nitrogens with zero attached hydrogens (tertiary/aromatic N) is 2. The fourth-order valence-corrected chi connectivity index (χ4v) is 8.05. The molecule has 0 saturated heterocycles. The van der Waals surface area contributed by atoms with Gasteiger partial charge in [0, 0.05) is 49.5 Å². The molecule has 0 amide bonds. The molecule has 5 heterocycles. The van der Waals surface area contributed by atoms with Crippen LogP contribution in [0.2, 0.25) is 0 Å². The van der Waals surface area contributed by atoms with Gasteiger partial charge in [-0.05, 0) is 124 Å². The Morgan fingerprint density at radius 3 is 1.45 bits per heavy atom. The second-order valence-corrected chi connectivity index (χ2v) is 13.8. The minimum atomic E-state index is 0.782. The summed E-state index contributed by atoms with van der Waals surface area (Å²) in [4.78, 5) is 18.5. The van der Waals surface area contributed by atoms with Crippen LogP contribution in [0.1, 0.15) is 17.1 Å². The summed E-state index contributed by atoms with van der Waals surface area (Å²) in [5.41, 5.74) is 13.3. The molecule has 2 aliphatic heterocycles. The largest absolute Gasteiger partial charge is 0.497 e. The van der Waals surface area contributed by atoms with E-state index in [1.165, 1.54) is 0 Å². The van der Waals surface area contributed by atoms with Gasteiger partial charge >= 0.3 is 0 Å². The van der Waals surface area contributed by atoms with E-state index in [1.54, 1.807) is 28.4 Å². The van der Waals surface area contributed by atoms with Gasteiger partial charge in [0.2, 0.25) is 0 Å². The Labute approximate surface area is 322 Å². The third-order valence-corrected chi connectivity index (χ3v) is 10.8. The Morgan fingerprint density at radius 2 is 0.893 bits per heavy atom. The highest BCUT2D eigenvalue weighted by atomic mass is 16.5. The van der Waals surface area contributed by atoms with Gasteiger partial charge in [-0.25, -0.2) is 9.97 Å². The van der Waals surface area contributed by atoms with Gasteiger partial charge in [-0.15, -0.1) is 0 Å². The lowest BCUT2D eigenvalue weighted by molar-refractivity contribution is 0.414. The monoisotopic (exact) mass is 732 g/mol. The number of rotatable bonds is 7. The normalized spacial score (nSPS) is 12.3. The quantitative estimate of drug-likeness (QED) is 0.170. The molecule has 0 unspecified atom stereocenters. The van der Waals surface area contributed by atoms with Gasteiger partial charge in [-0.2, -0.15) is 0 Å². The number of H-pyrrole nitrogens is 2. The summed E-state index contributed by atoms with van der Waals surface area (Å²) < 4.78 is 22.4. The minimum absolute atomic E-state index is 0.782. The van der Waals surface area contributed by atoms with E-state index in [2.05, 4.69) is 101 Å². The van der Waals surface area contributed by atoms with Crippen molar-refractivity contribution >= 4 is 45.9 Å². The van der Waals surface area contributed by atoms with Crippen LogP contribution in [-0.4, -0.2) is 48.4 Å². The van der Waals surface area contributed by atoms with Crippen LogP contribution >= 0.6 is 0 Å². The lowest BCUT2D eigenvalue weighted by Gasteiger charge is -2.07. The first-order valence-corrected chi connectivity index (χ1v) is 18.4. The lowest BCUT2D eigenvalue weighted by Crippen LogP contribution is -2.08. The van der Waals surface area contributed by atoms with Crippen LogP contribution in [0.5, 0.6) is 23.0 Å². The Bertz CT molecular complexity index is 3160. The third-order valence-electron chi connectivity index (χ3n) is 10.8. The molecule has 8 heteroatoms. The molecule has 8 nitrogen and oxygen atoms in total. The van der Waals surface area contributed by atoms with Crippen LogP contribution in [0.3, 0.4) is 0 Å². The zero-order chi connectivity index (χ0) is 37.9. The second kappa shape index (κ2) is 13.2. The van der Waals surface area contributed by atoms with Crippen molar-refractivity contribution < 1.29 is 18.9 Å². The number of hydrogen-bond donors (Lipinski definition) is 2. The number of aromatic amines is 2. The average molecular weight is 733 g/mol. The number of fused-ring (bicyclic) bond motifs is 9. The molecule has 7 aromatic rings. The highest BCUT2D eigenvalue weighted by molar-refractivity contribution is 5.99. The number of methoxy groups -OCH3 is 4. The van der Waals surface area contributed by atoms with Crippen LogP contribution in [0.15, 0.2) is 115 Å². The van der Waals surface area contributed by atoms with E-state index < -0.39 is 0 Å². The molecule has 2 N–H and O–H groups in total. The first-order valence-electron chi connectivity index (χ1n) is 18.4. The smallest absolute Gasteiger partial charge is 0.119 e. The number of ether oxygens (including phenoxy) is 4. The molecular weight excluding hydrogens is 697 g/mol. The SMILES string of the molecule is COc1ccc(-c2c3nc(c4c5nc(c(-c6ccc(OC)cc6)c6ccc([nH]6)c(-c6ccc(OC)cc6)c6ccc2[nH]6)=CC5=c2cc(OC)ccc2=4)C=C3)cc1. The van der Waals surface area contributed by atoms with Gasteiger partial charge < -0.3 is 28.9 Å². The van der Waals surface area contributed by atoms with Gasteiger partial charge in [-0.1, -0.05) is 36.4 Å². The molecule has 3 aliphatic rings. The van der Waals surface area contributed by atoms with E-state index in [9.17, 15) is 0 Å². The van der Waals surface area contributed by atoms with Crippen molar-refractivity contribution in [1.29, 1.82) is 0 Å². The zero-order valence-corrected chi connectivity index (χ0v) is 31.2. The summed E-state index contributed by atoms with van der Waals surface area (Å²) in [6.45, 7) is 0. The molecular formula is C48H36N4O4. The van der Waals surface area contributed by atoms with Gasteiger partial charge in [0.05, 0.1) is 50.9 Å². The molecule has 8 bridgehead atoms. The molecule has 0 radical (unpaired) electrons. The first kappa shape index (κ1) is 33.3. The average Bonchev–Trinajstić information content (AvgIpc) is 4.10. The van der Waals surface area contributed by atoms with Crippen LogP contribution in [0.4, 0.5) is 0 Å². The molecule has 0 spiro atoms. The summed E-state index contributed by atoms with van der Waals surface area (Å²) >= 11 is 0. The molecule has 10 rings (SSSR count). The standard InChI is InChI=1S/C48H36N4O4/c1-53-30-11-5-27(6-12-30)44-37-19-20-38(49-37)45(28-7-13-31(54-2)14-8-28)40-23-24-42(51-40)47-34-18-17-33(56-4)25-35(34)36-26-43(52-48(36)47)46(41-22-21-39(44)50-41)29-9-15-32(55-3)16-10-29/h5-26,49-50H,1-4H3. The minimum Gasteiger partial charge on any atom is -0.497 e. The Morgan fingerprint density at radius 1 is 0.429 bits per heavy atom. The van der Waals surface area contributed by atoms with Crippen molar-refractivity contribution in [2.75, 3.05) is 28.4 Å². The fourth-order valence-electron chi connectivity index (χ4n) is 8.05. The fraction of sp³-hybridized carbons (Fsp3) is 0.0833. The first-order chi connectivity index (χ1) is 27.5. The van der Waals surface area contributed by atoms with Crippen molar-refractivity contribution in [3.8, 4) is 56.4 Å². The van der Waals surface area contributed by atoms with Crippen LogP contribution in [-0.2, 0) is 0 Å². The Hall–Kier alpha value is -7.32. The number of benzene rings is 4. The highest BCUT2D eigenvalue weighted by Crippen LogP contribution is 2.36. The number of aromatic nitrogens is 4. The topological polar surface area (TPSA) is 94.3 Å². The summed E-state index contributed by atoms with van der Waals surface area (Å²) in [6, 6.07) is 39.2. The van der Waals surface area contributed by atoms with E-state index in [4.69, 9.17) is 28.9 Å². The predicted molar refractivity (Wildman–Crippen MR) is 223 cm³/mol. The predicted octanol–water partition coefficient (Wildman–Crippen LogP) is 8.80. The Kier molecular flexibility index (Phi) is 7.85. The van der Waals surface area contributed by atoms with Gasteiger partial charge in [0.25, 0.3) is 0 Å². The van der Waals surface area contributed by atoms with Crippen molar-refractivity contribution in [3.63, 3.8) is 0 Å². The van der Waals surface area contributed by atoms with Gasteiger partial charge in [0.15, 0.2) is 0 Å². The maximum absolute atomic E-state index is 5.73. The third kappa shape index (κ3) is 5.37. The highest BCUT2D eigenvalue weighted by Gasteiger charge is 2.22. The van der Waals surface area contributed by atoms with E-state index in [1.807, 2.05) is 42.5 Å². The lowest BCUT2D eigenvalue weighted by atomic mass is 10.0. The van der Waals surface area contributed by atoms with Crippen LogP contribution in [0, 0.1) is 10.4 Å². The maximum atomic E-state index is 5.73. The summed E-state index contributed by atoms with van der Waals surface area (Å²) in [7, 11) is 6.74. The molecule has 4 aromatic carbocycles. The van der Waals surface area contributed by atoms with Gasteiger partial charge in [0.1, 0.15) is 23.0 Å². The molecule has 1 aliphatic carbocycles. The molecule has 272 valence electrons. The van der Waals surface area contributed by atoms with Crippen LogP contribution in [0.25, 0.3) is 79.2 Å². The molecule has 56 heavy (non-hydrogen) atoms. The van der Waals surface area contributed by atoms with E-state index >= 15 is 0 Å². The van der Waals surface area contributed by atoms with Crippen molar-refractivity contribution in [2.45, 2.75) is 0 Å². The van der Waals surface area contributed by atoms with Gasteiger partial charge in [-0.3, -0.25) is 0 Å². The van der Waals surface area contributed by atoms with E-state index in [0.717, 1.165) is 122 Å². The van der Waals surface area contributed by atoms with Crippen molar-refractivity contribution in [1.82, 2.24) is 19.9 Å². The molecule has 3 aromatic heterocycles.